The average Bonchev–Trinajstić information content (AvgIpc) is 1.66. The Morgan fingerprint density at radius 3 is 2.50 bits per heavy atom. The van der Waals surface area contributed by atoms with Crippen LogP contribution in [0.5, 0.6) is 0 Å². The molecule has 0 spiro atoms. The van der Waals surface area contributed by atoms with Crippen molar-refractivity contribution in [3.8, 4) is 0 Å². The first kappa shape index (κ1) is 8.48. The summed E-state index contributed by atoms with van der Waals surface area (Å²) in [4.78, 5) is 0.911. The van der Waals surface area contributed by atoms with Crippen molar-refractivity contribution < 1.29 is 0 Å². The van der Waals surface area contributed by atoms with Crippen molar-refractivity contribution >= 4 is 15.0 Å². The molecule has 0 saturated carbocycles. The molecular weight excluding hydrogens is 165 g/mol. The van der Waals surface area contributed by atoms with Gasteiger partial charge < -0.3 is 0 Å². The maximum atomic E-state index is 5.32. The summed E-state index contributed by atoms with van der Waals surface area (Å²) < 4.78 is 0. The minimum absolute atomic E-state index is 0.847. The van der Waals surface area contributed by atoms with Crippen molar-refractivity contribution in [3.63, 3.8) is 0 Å². The Morgan fingerprint density at radius 1 is 1.50 bits per heavy atom. The Kier molecular flexibility index (Phi) is 5.95. The van der Waals surface area contributed by atoms with Crippen LogP contribution in [0.4, 0.5) is 0 Å². The molecule has 0 fully saturated rings. The molecule has 0 aliphatic rings. The Labute approximate surface area is 58.2 Å². The summed E-state index contributed by atoms with van der Waals surface area (Å²) in [6.07, 6.45) is 1.22. The van der Waals surface area contributed by atoms with Crippen molar-refractivity contribution in [2.75, 3.05) is 6.54 Å². The molecule has 50 valence electrons. The summed E-state index contributed by atoms with van der Waals surface area (Å²) in [6, 6.07) is 0. The molecule has 0 unspecified atom stereocenters. The van der Waals surface area contributed by atoms with Gasteiger partial charge in [-0.1, -0.05) is 0 Å². The molecular formula is C6H15NSe. The van der Waals surface area contributed by atoms with E-state index in [0.717, 1.165) is 26.3 Å². The Bertz CT molecular complexity index is 45.8. The van der Waals surface area contributed by atoms with Gasteiger partial charge in [-0.2, -0.15) is 0 Å². The molecule has 0 atom stereocenters. The zero-order valence-corrected chi connectivity index (χ0v) is 7.40. The van der Waals surface area contributed by atoms with Crippen LogP contribution in [-0.2, 0) is 0 Å². The molecule has 2 heteroatoms. The Balaban J connectivity index is 2.72. The summed E-state index contributed by atoms with van der Waals surface area (Å²) in [6.45, 7) is 5.42. The van der Waals surface area contributed by atoms with Gasteiger partial charge in [0.15, 0.2) is 0 Å². The van der Waals surface area contributed by atoms with E-state index in [1.807, 2.05) is 0 Å². The summed E-state index contributed by atoms with van der Waals surface area (Å²) >= 11 is 0.847. The first-order valence-corrected chi connectivity index (χ1v) is 5.29. The van der Waals surface area contributed by atoms with Crippen molar-refractivity contribution in [3.05, 3.63) is 0 Å². The molecule has 0 rings (SSSR count). The molecule has 0 aromatic heterocycles. The zero-order valence-electron chi connectivity index (χ0n) is 5.68. The molecule has 0 bridgehead atoms. The second kappa shape index (κ2) is 5.61. The van der Waals surface area contributed by atoms with E-state index in [9.17, 15) is 0 Å². The summed E-state index contributed by atoms with van der Waals surface area (Å²) in [7, 11) is 0. The van der Waals surface area contributed by atoms with Gasteiger partial charge in [0.05, 0.1) is 0 Å². The molecule has 0 amide bonds. The van der Waals surface area contributed by atoms with E-state index < -0.39 is 0 Å². The van der Waals surface area contributed by atoms with E-state index in [4.69, 9.17) is 5.73 Å². The third-order valence-corrected chi connectivity index (χ3v) is 3.30. The quantitative estimate of drug-likeness (QED) is 0.512. The molecule has 0 aliphatic heterocycles. The van der Waals surface area contributed by atoms with Crippen molar-refractivity contribution in [1.29, 1.82) is 0 Å². The van der Waals surface area contributed by atoms with Crippen LogP contribution < -0.4 is 5.73 Å². The first-order chi connectivity index (χ1) is 3.77. The predicted molar refractivity (Wildman–Crippen MR) is 39.3 cm³/mol. The fourth-order valence-corrected chi connectivity index (χ4v) is 2.09. The van der Waals surface area contributed by atoms with Crippen LogP contribution in [-0.4, -0.2) is 21.5 Å². The fourth-order valence-electron chi connectivity index (χ4n) is 0.402. The van der Waals surface area contributed by atoms with Crippen LogP contribution in [0.3, 0.4) is 0 Å². The van der Waals surface area contributed by atoms with E-state index in [0.29, 0.717) is 0 Å². The van der Waals surface area contributed by atoms with Crippen LogP contribution in [0.25, 0.3) is 0 Å². The van der Waals surface area contributed by atoms with Gasteiger partial charge >= 0.3 is 57.6 Å². The standard InChI is InChI=1S/C6H15NSe/c1-6(2)8-5-3-4-7/h6H,3-5,7H2,1-2H3. The second-order valence-electron chi connectivity index (χ2n) is 2.06. The number of hydrogen-bond donors (Lipinski definition) is 1. The molecule has 0 saturated heterocycles. The van der Waals surface area contributed by atoms with Crippen LogP contribution in [0.15, 0.2) is 0 Å². The molecule has 8 heavy (non-hydrogen) atoms. The van der Waals surface area contributed by atoms with Gasteiger partial charge in [0.25, 0.3) is 0 Å². The molecule has 0 aromatic carbocycles. The SMILES string of the molecule is CC(C)[Se]CCCN. The van der Waals surface area contributed by atoms with Crippen molar-refractivity contribution in [1.82, 2.24) is 0 Å². The average molecular weight is 180 g/mol. The van der Waals surface area contributed by atoms with Crippen LogP contribution in [0, 0.1) is 0 Å². The van der Waals surface area contributed by atoms with E-state index in [1.54, 1.807) is 0 Å². The normalized spacial score (nSPS) is 10.5. The maximum absolute atomic E-state index is 5.32. The third kappa shape index (κ3) is 6.48. The van der Waals surface area contributed by atoms with Crippen LogP contribution in [0.2, 0.25) is 10.1 Å². The van der Waals surface area contributed by atoms with Crippen molar-refractivity contribution in [2.24, 2.45) is 5.73 Å². The van der Waals surface area contributed by atoms with E-state index in [1.165, 1.54) is 11.7 Å². The molecule has 0 heterocycles. The summed E-state index contributed by atoms with van der Waals surface area (Å²) in [5, 5.41) is 1.36. The van der Waals surface area contributed by atoms with Crippen LogP contribution >= 0.6 is 0 Å². The van der Waals surface area contributed by atoms with E-state index >= 15 is 0 Å². The zero-order chi connectivity index (χ0) is 6.41. The number of rotatable bonds is 4. The van der Waals surface area contributed by atoms with Gasteiger partial charge in [-0.15, -0.1) is 0 Å². The monoisotopic (exact) mass is 181 g/mol. The Morgan fingerprint density at radius 2 is 2.12 bits per heavy atom. The Hall–Kier alpha value is 0.479. The number of nitrogens with two attached hydrogens (primary N) is 1. The molecule has 0 aliphatic carbocycles. The molecule has 0 aromatic rings. The minimum atomic E-state index is 0.847. The van der Waals surface area contributed by atoms with Crippen molar-refractivity contribution in [2.45, 2.75) is 30.4 Å². The van der Waals surface area contributed by atoms with E-state index in [2.05, 4.69) is 13.8 Å². The molecule has 2 N–H and O–H groups in total. The van der Waals surface area contributed by atoms with Gasteiger partial charge in [0.1, 0.15) is 0 Å². The van der Waals surface area contributed by atoms with Gasteiger partial charge in [-0.3, -0.25) is 0 Å². The van der Waals surface area contributed by atoms with Crippen LogP contribution in [0.1, 0.15) is 20.3 Å². The molecule has 0 radical (unpaired) electrons. The fraction of sp³-hybridized carbons (Fsp3) is 1.00. The van der Waals surface area contributed by atoms with Gasteiger partial charge in [0, 0.05) is 0 Å². The van der Waals surface area contributed by atoms with Gasteiger partial charge in [-0.25, -0.2) is 0 Å². The van der Waals surface area contributed by atoms with Gasteiger partial charge in [0.2, 0.25) is 0 Å². The van der Waals surface area contributed by atoms with Gasteiger partial charge in [-0.05, 0) is 0 Å². The topological polar surface area (TPSA) is 26.0 Å². The predicted octanol–water partition coefficient (Wildman–Crippen LogP) is 1.29. The first-order valence-electron chi connectivity index (χ1n) is 3.09. The second-order valence-corrected chi connectivity index (χ2v) is 5.60. The number of hydrogen-bond acceptors (Lipinski definition) is 1. The summed E-state index contributed by atoms with van der Waals surface area (Å²) in [5.41, 5.74) is 5.32. The molecule has 1 nitrogen and oxygen atoms in total. The summed E-state index contributed by atoms with van der Waals surface area (Å²) in [5.74, 6) is 0. The van der Waals surface area contributed by atoms with E-state index in [-0.39, 0.29) is 0 Å². The third-order valence-electron chi connectivity index (χ3n) is 0.800.